The zero-order valence-corrected chi connectivity index (χ0v) is 17.4. The third kappa shape index (κ3) is 4.23. The molecule has 2 aliphatic rings. The van der Waals surface area contributed by atoms with Gasteiger partial charge in [-0.25, -0.2) is 9.07 Å². The van der Waals surface area contributed by atoms with Gasteiger partial charge in [0.25, 0.3) is 5.91 Å². The Kier molecular flexibility index (Phi) is 6.13. The summed E-state index contributed by atoms with van der Waals surface area (Å²) in [5, 5.41) is 7.48. The molecule has 2 heterocycles. The summed E-state index contributed by atoms with van der Waals surface area (Å²) in [6, 6.07) is 6.22. The van der Waals surface area contributed by atoms with E-state index in [0.717, 1.165) is 49.2 Å². The Morgan fingerprint density at radius 3 is 2.63 bits per heavy atom. The lowest BCUT2D eigenvalue weighted by Crippen LogP contribution is -2.40. The first-order valence-corrected chi connectivity index (χ1v) is 10.7. The lowest BCUT2D eigenvalue weighted by atomic mass is 10.2. The second-order valence-corrected chi connectivity index (χ2v) is 7.89. The molecule has 30 heavy (non-hydrogen) atoms. The van der Waals surface area contributed by atoms with Crippen molar-refractivity contribution in [3.63, 3.8) is 0 Å². The van der Waals surface area contributed by atoms with E-state index in [4.69, 9.17) is 0 Å². The highest BCUT2D eigenvalue weighted by molar-refractivity contribution is 5.94. The minimum Gasteiger partial charge on any atom is -0.355 e. The van der Waals surface area contributed by atoms with Gasteiger partial charge >= 0.3 is 0 Å². The highest BCUT2D eigenvalue weighted by Gasteiger charge is 2.30. The number of carbonyl (C=O) groups is 2. The molecule has 160 valence electrons. The molecular weight excluding hydrogens is 385 g/mol. The van der Waals surface area contributed by atoms with Crippen LogP contribution in [0.4, 0.5) is 4.39 Å². The zero-order chi connectivity index (χ0) is 21.1. The van der Waals surface area contributed by atoms with Gasteiger partial charge in [0.05, 0.1) is 12.2 Å². The largest absolute Gasteiger partial charge is 0.355 e. The van der Waals surface area contributed by atoms with Crippen molar-refractivity contribution in [2.24, 2.45) is 0 Å². The van der Waals surface area contributed by atoms with Crippen LogP contribution in [0.3, 0.4) is 0 Å². The number of likely N-dealkylation sites (N-methyl/N-ethyl adjacent to an activating group) is 1. The summed E-state index contributed by atoms with van der Waals surface area (Å²) in [5.41, 5.74) is 3.37. The summed E-state index contributed by atoms with van der Waals surface area (Å²) in [4.78, 5) is 29.2. The fraction of sp³-hybridized carbons (Fsp3) is 0.500. The first-order valence-electron chi connectivity index (χ1n) is 10.7. The summed E-state index contributed by atoms with van der Waals surface area (Å²) in [6.45, 7) is 5.60. The molecule has 1 aliphatic heterocycles. The van der Waals surface area contributed by atoms with Gasteiger partial charge in [-0.1, -0.05) is 0 Å². The first-order chi connectivity index (χ1) is 14.6. The second kappa shape index (κ2) is 8.95. The van der Waals surface area contributed by atoms with E-state index in [1.807, 2.05) is 11.8 Å². The molecule has 7 nitrogen and oxygen atoms in total. The quantitative estimate of drug-likeness (QED) is 0.811. The molecule has 1 aromatic carbocycles. The number of fused-ring (bicyclic) bond motifs is 1. The predicted molar refractivity (Wildman–Crippen MR) is 111 cm³/mol. The first kappa shape index (κ1) is 20.5. The van der Waals surface area contributed by atoms with Gasteiger partial charge in [-0.05, 0) is 56.9 Å². The average molecular weight is 413 g/mol. The van der Waals surface area contributed by atoms with Crippen LogP contribution in [0.2, 0.25) is 0 Å². The van der Waals surface area contributed by atoms with Gasteiger partial charge in [0.15, 0.2) is 5.69 Å². The molecule has 1 aliphatic carbocycles. The van der Waals surface area contributed by atoms with Crippen molar-refractivity contribution in [3.05, 3.63) is 47.0 Å². The fourth-order valence-corrected chi connectivity index (χ4v) is 4.34. The van der Waals surface area contributed by atoms with E-state index >= 15 is 0 Å². The maximum absolute atomic E-state index is 13.3. The van der Waals surface area contributed by atoms with Crippen molar-refractivity contribution in [1.29, 1.82) is 0 Å². The molecule has 1 saturated heterocycles. The Bertz CT molecular complexity index is 924. The molecule has 8 heteroatoms. The van der Waals surface area contributed by atoms with E-state index in [-0.39, 0.29) is 17.6 Å². The predicted octanol–water partition coefficient (Wildman–Crippen LogP) is 1.78. The van der Waals surface area contributed by atoms with Crippen LogP contribution in [0.1, 0.15) is 41.5 Å². The van der Waals surface area contributed by atoms with E-state index < -0.39 is 0 Å². The Morgan fingerprint density at radius 2 is 1.87 bits per heavy atom. The van der Waals surface area contributed by atoms with Crippen molar-refractivity contribution in [1.82, 2.24) is 24.9 Å². The number of rotatable bonds is 5. The molecule has 2 amide bonds. The van der Waals surface area contributed by atoms with E-state index in [0.29, 0.717) is 38.4 Å². The van der Waals surface area contributed by atoms with Gasteiger partial charge in [-0.2, -0.15) is 5.10 Å². The molecule has 0 saturated carbocycles. The SMILES string of the molecule is CCNC(=O)CN1CCCN(C(=O)c2nn(-c3ccc(F)cc3)c3c2CCC3)CC1. The van der Waals surface area contributed by atoms with Crippen LogP contribution in [-0.2, 0) is 17.6 Å². The third-order valence-corrected chi connectivity index (χ3v) is 5.82. The summed E-state index contributed by atoms with van der Waals surface area (Å²) in [5.74, 6) is -0.317. The number of hydrogen-bond donors (Lipinski definition) is 1. The zero-order valence-electron chi connectivity index (χ0n) is 17.4. The Labute approximate surface area is 175 Å². The lowest BCUT2D eigenvalue weighted by molar-refractivity contribution is -0.122. The maximum atomic E-state index is 13.3. The van der Waals surface area contributed by atoms with Crippen molar-refractivity contribution in [2.45, 2.75) is 32.6 Å². The van der Waals surface area contributed by atoms with Crippen LogP contribution in [0.15, 0.2) is 24.3 Å². The molecule has 0 atom stereocenters. The van der Waals surface area contributed by atoms with Crippen LogP contribution in [0, 0.1) is 5.82 Å². The van der Waals surface area contributed by atoms with Crippen LogP contribution >= 0.6 is 0 Å². The van der Waals surface area contributed by atoms with Crippen molar-refractivity contribution in [2.75, 3.05) is 39.3 Å². The molecule has 1 aromatic heterocycles. The molecular formula is C22H28FN5O2. The van der Waals surface area contributed by atoms with Crippen molar-refractivity contribution >= 4 is 11.8 Å². The van der Waals surface area contributed by atoms with Crippen LogP contribution in [0.25, 0.3) is 5.69 Å². The molecule has 4 rings (SSSR count). The molecule has 0 bridgehead atoms. The average Bonchev–Trinajstić information content (AvgIpc) is 3.26. The third-order valence-electron chi connectivity index (χ3n) is 5.82. The monoisotopic (exact) mass is 413 g/mol. The molecule has 0 unspecified atom stereocenters. The van der Waals surface area contributed by atoms with Crippen molar-refractivity contribution in [3.8, 4) is 5.69 Å². The minimum absolute atomic E-state index is 0.0214. The molecule has 2 aromatic rings. The number of amides is 2. The number of aromatic nitrogens is 2. The van der Waals surface area contributed by atoms with Gasteiger partial charge in [-0.15, -0.1) is 0 Å². The fourth-order valence-electron chi connectivity index (χ4n) is 4.34. The molecule has 1 N–H and O–H groups in total. The topological polar surface area (TPSA) is 70.5 Å². The summed E-state index contributed by atoms with van der Waals surface area (Å²) < 4.78 is 15.1. The van der Waals surface area contributed by atoms with E-state index in [2.05, 4.69) is 15.3 Å². The van der Waals surface area contributed by atoms with Gasteiger partial charge in [0.2, 0.25) is 5.91 Å². The number of halogens is 1. The van der Waals surface area contributed by atoms with Gasteiger partial charge < -0.3 is 10.2 Å². The number of hydrogen-bond acceptors (Lipinski definition) is 4. The van der Waals surface area contributed by atoms with Crippen LogP contribution < -0.4 is 5.32 Å². The highest BCUT2D eigenvalue weighted by Crippen LogP contribution is 2.29. The Hall–Kier alpha value is -2.74. The molecule has 1 fully saturated rings. The van der Waals surface area contributed by atoms with Gasteiger partial charge in [-0.3, -0.25) is 14.5 Å². The number of benzene rings is 1. The van der Waals surface area contributed by atoms with Crippen LogP contribution in [0.5, 0.6) is 0 Å². The normalized spacial score (nSPS) is 16.9. The lowest BCUT2D eigenvalue weighted by Gasteiger charge is -2.21. The maximum Gasteiger partial charge on any atom is 0.274 e. The minimum atomic E-state index is -0.291. The highest BCUT2D eigenvalue weighted by atomic mass is 19.1. The summed E-state index contributed by atoms with van der Waals surface area (Å²) in [7, 11) is 0. The van der Waals surface area contributed by atoms with Gasteiger partial charge in [0.1, 0.15) is 5.82 Å². The van der Waals surface area contributed by atoms with E-state index in [1.54, 1.807) is 16.8 Å². The standard InChI is InChI=1S/C22H28FN5O2/c1-2-24-20(29)15-26-11-4-12-27(14-13-26)22(30)21-18-5-3-6-19(18)28(25-21)17-9-7-16(23)8-10-17/h7-10H,2-6,11-15H2,1H3,(H,24,29). The number of nitrogens with zero attached hydrogens (tertiary/aromatic N) is 4. The van der Waals surface area contributed by atoms with Crippen molar-refractivity contribution < 1.29 is 14.0 Å². The van der Waals surface area contributed by atoms with Gasteiger partial charge in [0, 0.05) is 44.0 Å². The second-order valence-electron chi connectivity index (χ2n) is 7.89. The number of carbonyl (C=O) groups excluding carboxylic acids is 2. The summed E-state index contributed by atoms with van der Waals surface area (Å²) >= 11 is 0. The molecule has 0 spiro atoms. The Morgan fingerprint density at radius 1 is 1.07 bits per heavy atom. The number of nitrogens with one attached hydrogen (secondary N) is 1. The van der Waals surface area contributed by atoms with Crippen LogP contribution in [-0.4, -0.2) is 70.7 Å². The molecule has 0 radical (unpaired) electrons. The van der Waals surface area contributed by atoms with E-state index in [9.17, 15) is 14.0 Å². The Balaban J connectivity index is 1.50. The smallest absolute Gasteiger partial charge is 0.274 e. The summed E-state index contributed by atoms with van der Waals surface area (Å²) in [6.07, 6.45) is 3.53. The van der Waals surface area contributed by atoms with E-state index in [1.165, 1.54) is 12.1 Å².